The summed E-state index contributed by atoms with van der Waals surface area (Å²) in [6, 6.07) is 9.22. The molecule has 0 bridgehead atoms. The van der Waals surface area contributed by atoms with E-state index in [0.717, 1.165) is 0 Å². The Bertz CT molecular complexity index is 1210. The molecule has 1 heterocycles. The van der Waals surface area contributed by atoms with Crippen molar-refractivity contribution < 1.29 is 22.6 Å². The number of carbonyl (C=O) groups excluding carboxylic acids is 1. The molecule has 11 nitrogen and oxygen atoms in total. The third-order valence-corrected chi connectivity index (χ3v) is 4.73. The quantitative estimate of drug-likeness (QED) is 0.247. The highest BCUT2D eigenvalue weighted by molar-refractivity contribution is 7.85. The van der Waals surface area contributed by atoms with Crippen LogP contribution in [0.15, 0.2) is 62.4 Å². The molecule has 0 aliphatic rings. The van der Waals surface area contributed by atoms with Gasteiger partial charge in [0.2, 0.25) is 0 Å². The number of hydrogen-bond acceptors (Lipinski definition) is 8. The van der Waals surface area contributed by atoms with Crippen LogP contribution in [0.4, 0.5) is 11.4 Å². The maximum absolute atomic E-state index is 11.8. The minimum atomic E-state index is -4.27. The second-order valence-corrected chi connectivity index (χ2v) is 7.48. The van der Waals surface area contributed by atoms with E-state index in [0.29, 0.717) is 22.4 Å². The van der Waals surface area contributed by atoms with Crippen LogP contribution in [0, 0.1) is 0 Å². The Hall–Kier alpha value is -3.35. The summed E-state index contributed by atoms with van der Waals surface area (Å²) in [6.45, 7) is 1.23. The van der Waals surface area contributed by atoms with Crippen LogP contribution in [0.1, 0.15) is 6.92 Å². The van der Waals surface area contributed by atoms with Crippen LogP contribution in [-0.2, 0) is 19.8 Å². The first-order chi connectivity index (χ1) is 13.7. The molecule has 4 N–H and O–H groups in total. The molecular weight excluding hydrogens is 402 g/mol. The van der Waals surface area contributed by atoms with Crippen molar-refractivity contribution in [2.45, 2.75) is 17.9 Å². The third kappa shape index (κ3) is 5.34. The number of ketones is 1. The largest absolute Gasteiger partial charge is 0.323 e. The summed E-state index contributed by atoms with van der Waals surface area (Å²) in [4.78, 5) is 33.3. The van der Waals surface area contributed by atoms with Gasteiger partial charge in [0, 0.05) is 0 Å². The van der Waals surface area contributed by atoms with Gasteiger partial charge in [0.15, 0.2) is 11.8 Å². The minimum Gasteiger partial charge on any atom is -0.306 e. The summed E-state index contributed by atoms with van der Waals surface area (Å²) < 4.78 is 31.0. The van der Waals surface area contributed by atoms with Gasteiger partial charge in [-0.15, -0.1) is 0 Å². The number of imidazole rings is 1. The van der Waals surface area contributed by atoms with Gasteiger partial charge >= 0.3 is 5.69 Å². The Kier molecular flexibility index (Phi) is 5.87. The molecule has 0 aliphatic carbocycles. The maximum Gasteiger partial charge on any atom is 0.323 e. The lowest BCUT2D eigenvalue weighted by molar-refractivity contribution is -0.119. The molecule has 12 heteroatoms. The molecule has 1 unspecified atom stereocenters. The Morgan fingerprint density at radius 2 is 1.86 bits per heavy atom. The van der Waals surface area contributed by atoms with Gasteiger partial charge in [-0.2, -0.15) is 18.6 Å². The zero-order valence-electron chi connectivity index (χ0n) is 15.1. The standard InChI is InChI=1S/C17H17N5O6S/c1-10(23)16(9-28-22-11-2-5-13(6-3-11)29(25,26)27)21-20-12-4-7-14-15(8-12)19-17(24)18-14/h2-8,16,22H,9H2,1H3,(H2,18,19,24)(H,25,26,27). The van der Waals surface area contributed by atoms with E-state index >= 15 is 0 Å². The monoisotopic (exact) mass is 419 g/mol. The smallest absolute Gasteiger partial charge is 0.306 e. The predicted molar refractivity (Wildman–Crippen MR) is 104 cm³/mol. The number of aromatic amines is 2. The fourth-order valence-corrected chi connectivity index (χ4v) is 2.83. The van der Waals surface area contributed by atoms with Crippen molar-refractivity contribution in [1.82, 2.24) is 9.97 Å². The molecule has 0 spiro atoms. The van der Waals surface area contributed by atoms with Crippen molar-refractivity contribution in [2.24, 2.45) is 10.2 Å². The average Bonchev–Trinajstić information content (AvgIpc) is 3.03. The lowest BCUT2D eigenvalue weighted by atomic mass is 10.2. The van der Waals surface area contributed by atoms with Gasteiger partial charge in [-0.3, -0.25) is 19.7 Å². The topological polar surface area (TPSA) is 166 Å². The van der Waals surface area contributed by atoms with Gasteiger partial charge in [0.25, 0.3) is 10.1 Å². The number of rotatable bonds is 8. The molecule has 3 aromatic rings. The highest BCUT2D eigenvalue weighted by atomic mass is 32.2. The Balaban J connectivity index is 1.61. The lowest BCUT2D eigenvalue weighted by Crippen LogP contribution is -2.23. The van der Waals surface area contributed by atoms with Gasteiger partial charge < -0.3 is 9.97 Å². The fourth-order valence-electron chi connectivity index (χ4n) is 2.35. The maximum atomic E-state index is 11.8. The van der Waals surface area contributed by atoms with Gasteiger partial charge in [-0.25, -0.2) is 4.79 Å². The highest BCUT2D eigenvalue weighted by Gasteiger charge is 2.14. The summed E-state index contributed by atoms with van der Waals surface area (Å²) in [7, 11) is -4.27. The summed E-state index contributed by atoms with van der Waals surface area (Å²) >= 11 is 0. The number of azo groups is 1. The first kappa shape index (κ1) is 20.4. The number of nitrogens with zero attached hydrogens (tertiary/aromatic N) is 2. The van der Waals surface area contributed by atoms with E-state index in [9.17, 15) is 18.0 Å². The number of fused-ring (bicyclic) bond motifs is 1. The number of anilines is 1. The number of carbonyl (C=O) groups is 1. The second-order valence-electron chi connectivity index (χ2n) is 6.06. The predicted octanol–water partition coefficient (Wildman–Crippen LogP) is 2.19. The number of benzene rings is 2. The van der Waals surface area contributed by atoms with E-state index in [1.54, 1.807) is 18.2 Å². The SMILES string of the molecule is CC(=O)C(CONc1ccc(S(=O)(=O)O)cc1)N=Nc1ccc2[nH]c(=O)[nH]c2c1. The molecule has 1 aromatic heterocycles. The summed E-state index contributed by atoms with van der Waals surface area (Å²) in [5, 5.41) is 8.00. The van der Waals surface area contributed by atoms with E-state index in [-0.39, 0.29) is 23.0 Å². The molecule has 0 aliphatic heterocycles. The van der Waals surface area contributed by atoms with Crippen molar-refractivity contribution in [2.75, 3.05) is 12.1 Å². The minimum absolute atomic E-state index is 0.123. The normalized spacial score (nSPS) is 13.0. The van der Waals surface area contributed by atoms with Gasteiger partial charge in [0.1, 0.15) is 6.61 Å². The Morgan fingerprint density at radius 1 is 1.17 bits per heavy atom. The van der Waals surface area contributed by atoms with E-state index in [1.807, 2.05) is 0 Å². The highest BCUT2D eigenvalue weighted by Crippen LogP contribution is 2.18. The molecule has 0 fully saturated rings. The van der Waals surface area contributed by atoms with E-state index in [2.05, 4.69) is 25.7 Å². The molecular formula is C17H17N5O6S. The van der Waals surface area contributed by atoms with Crippen molar-refractivity contribution in [3.8, 4) is 0 Å². The van der Waals surface area contributed by atoms with Gasteiger partial charge in [-0.05, 0) is 49.4 Å². The second kappa shape index (κ2) is 8.34. The first-order valence-electron chi connectivity index (χ1n) is 8.31. The molecule has 1 atom stereocenters. The summed E-state index contributed by atoms with van der Waals surface area (Å²) in [6.07, 6.45) is 0. The van der Waals surface area contributed by atoms with Crippen molar-refractivity contribution in [1.29, 1.82) is 0 Å². The molecule has 29 heavy (non-hydrogen) atoms. The summed E-state index contributed by atoms with van der Waals surface area (Å²) in [5.74, 6) is -0.270. The van der Waals surface area contributed by atoms with Crippen LogP contribution in [0.3, 0.4) is 0 Å². The van der Waals surface area contributed by atoms with Gasteiger partial charge in [-0.1, -0.05) is 0 Å². The van der Waals surface area contributed by atoms with E-state index in [1.165, 1.54) is 31.2 Å². The number of Topliss-reactive ketones (excluding diaryl/α,β-unsaturated/α-hetero) is 1. The van der Waals surface area contributed by atoms with Crippen LogP contribution in [-0.4, -0.2) is 41.4 Å². The zero-order chi connectivity index (χ0) is 21.0. The number of hydrogen-bond donors (Lipinski definition) is 4. The van der Waals surface area contributed by atoms with Crippen LogP contribution in [0.5, 0.6) is 0 Å². The first-order valence-corrected chi connectivity index (χ1v) is 9.75. The number of aromatic nitrogens is 2. The molecule has 0 amide bonds. The molecule has 3 rings (SSSR count). The molecule has 152 valence electrons. The zero-order valence-corrected chi connectivity index (χ0v) is 15.9. The van der Waals surface area contributed by atoms with Crippen LogP contribution in [0.2, 0.25) is 0 Å². The third-order valence-electron chi connectivity index (χ3n) is 3.86. The molecule has 0 radical (unpaired) electrons. The molecule has 0 saturated carbocycles. The van der Waals surface area contributed by atoms with Crippen molar-refractivity contribution >= 4 is 38.3 Å². The Labute approximate surface area is 164 Å². The number of H-pyrrole nitrogens is 2. The van der Waals surface area contributed by atoms with E-state index in [4.69, 9.17) is 9.39 Å². The van der Waals surface area contributed by atoms with Crippen molar-refractivity contribution in [3.05, 3.63) is 52.9 Å². The van der Waals surface area contributed by atoms with Crippen LogP contribution >= 0.6 is 0 Å². The van der Waals surface area contributed by atoms with Gasteiger partial charge in [0.05, 0.1) is 27.3 Å². The number of nitrogens with one attached hydrogen (secondary N) is 3. The van der Waals surface area contributed by atoms with Crippen molar-refractivity contribution in [3.63, 3.8) is 0 Å². The average molecular weight is 419 g/mol. The van der Waals surface area contributed by atoms with Crippen LogP contribution < -0.4 is 11.2 Å². The lowest BCUT2D eigenvalue weighted by Gasteiger charge is -2.10. The fraction of sp³-hybridized carbons (Fsp3) is 0.176. The Morgan fingerprint density at radius 3 is 2.52 bits per heavy atom. The summed E-state index contributed by atoms with van der Waals surface area (Å²) in [5.41, 5.74) is 4.29. The van der Waals surface area contributed by atoms with Crippen LogP contribution in [0.25, 0.3) is 11.0 Å². The molecule has 0 saturated heterocycles. The molecule has 2 aromatic carbocycles. The van der Waals surface area contributed by atoms with E-state index < -0.39 is 16.2 Å².